The molecule has 0 fully saturated rings. The minimum absolute atomic E-state index is 0.444. The molecule has 0 amide bonds. The fourth-order valence-electron chi connectivity index (χ4n) is 2.46. The van der Waals surface area contributed by atoms with Gasteiger partial charge < -0.3 is 5.32 Å². The molecule has 0 aliphatic heterocycles. The van der Waals surface area contributed by atoms with Crippen LogP contribution in [-0.2, 0) is 0 Å². The van der Waals surface area contributed by atoms with Crippen LogP contribution in [0.25, 0.3) is 0 Å². The van der Waals surface area contributed by atoms with Crippen LogP contribution in [0.15, 0.2) is 47.8 Å². The summed E-state index contributed by atoms with van der Waals surface area (Å²) in [7, 11) is 0. The van der Waals surface area contributed by atoms with Gasteiger partial charge in [-0.15, -0.1) is 11.3 Å². The molecule has 1 nitrogen and oxygen atoms in total. The van der Waals surface area contributed by atoms with Gasteiger partial charge in [0.15, 0.2) is 0 Å². The van der Waals surface area contributed by atoms with Crippen LogP contribution in [0.4, 0.5) is 0 Å². The lowest BCUT2D eigenvalue weighted by Crippen LogP contribution is -2.25. The average Bonchev–Trinajstić information content (AvgIpc) is 2.98. The van der Waals surface area contributed by atoms with E-state index in [1.807, 2.05) is 11.3 Å². The van der Waals surface area contributed by atoms with E-state index in [2.05, 4.69) is 67.0 Å². The summed E-state index contributed by atoms with van der Waals surface area (Å²) >= 11 is 1.86. The molecule has 2 aromatic rings. The van der Waals surface area contributed by atoms with Gasteiger partial charge >= 0.3 is 0 Å². The van der Waals surface area contributed by atoms with Crippen LogP contribution in [0, 0.1) is 0 Å². The third kappa shape index (κ3) is 3.92. The van der Waals surface area contributed by atoms with Crippen LogP contribution < -0.4 is 5.32 Å². The van der Waals surface area contributed by atoms with Crippen molar-refractivity contribution in [3.8, 4) is 0 Å². The van der Waals surface area contributed by atoms with Gasteiger partial charge in [-0.1, -0.05) is 56.7 Å². The first-order chi connectivity index (χ1) is 9.35. The van der Waals surface area contributed by atoms with Crippen LogP contribution in [0.5, 0.6) is 0 Å². The molecule has 2 heteroatoms. The van der Waals surface area contributed by atoms with Crippen LogP contribution in [0.3, 0.4) is 0 Å². The summed E-state index contributed by atoms with van der Waals surface area (Å²) in [6, 6.07) is 16.1. The number of rotatable bonds is 7. The van der Waals surface area contributed by atoms with Crippen LogP contribution in [0.2, 0.25) is 0 Å². The number of thiophene rings is 1. The Kier molecular flexibility index (Phi) is 5.62. The van der Waals surface area contributed by atoms with Crippen molar-refractivity contribution in [3.63, 3.8) is 0 Å². The smallest absolute Gasteiger partial charge is 0.0419 e. The maximum Gasteiger partial charge on any atom is 0.0419 e. The molecule has 0 saturated heterocycles. The normalized spacial score (nSPS) is 14.2. The molecular weight excluding hydrogens is 250 g/mol. The predicted molar refractivity (Wildman–Crippen MR) is 84.6 cm³/mol. The molecule has 0 aliphatic rings. The summed E-state index contributed by atoms with van der Waals surface area (Å²) in [5, 5.41) is 6.00. The molecule has 2 rings (SSSR count). The quantitative estimate of drug-likeness (QED) is 0.719. The molecule has 2 unspecified atom stereocenters. The Hall–Kier alpha value is -1.12. The Morgan fingerprint density at radius 1 is 1.00 bits per heavy atom. The Morgan fingerprint density at radius 3 is 2.37 bits per heavy atom. The van der Waals surface area contributed by atoms with Crippen molar-refractivity contribution in [2.45, 2.75) is 45.2 Å². The van der Waals surface area contributed by atoms with Gasteiger partial charge in [0.2, 0.25) is 0 Å². The summed E-state index contributed by atoms with van der Waals surface area (Å²) in [5.74, 6) is 0. The molecule has 0 saturated carbocycles. The molecule has 19 heavy (non-hydrogen) atoms. The number of benzene rings is 1. The van der Waals surface area contributed by atoms with E-state index in [4.69, 9.17) is 0 Å². The second-order valence-electron chi connectivity index (χ2n) is 4.89. The highest BCUT2D eigenvalue weighted by molar-refractivity contribution is 7.10. The summed E-state index contributed by atoms with van der Waals surface area (Å²) in [5.41, 5.74) is 1.39. The van der Waals surface area contributed by atoms with Crippen LogP contribution >= 0.6 is 11.3 Å². The van der Waals surface area contributed by atoms with Crippen molar-refractivity contribution in [2.24, 2.45) is 0 Å². The van der Waals surface area contributed by atoms with E-state index in [1.165, 1.54) is 23.3 Å². The number of hydrogen-bond acceptors (Lipinski definition) is 2. The zero-order valence-corrected chi connectivity index (χ0v) is 12.6. The molecule has 1 aromatic carbocycles. The highest BCUT2D eigenvalue weighted by Gasteiger charge is 2.17. The van der Waals surface area contributed by atoms with Gasteiger partial charge in [0, 0.05) is 17.0 Å². The third-order valence-corrected chi connectivity index (χ3v) is 4.46. The van der Waals surface area contributed by atoms with Crippen molar-refractivity contribution in [1.82, 2.24) is 5.32 Å². The van der Waals surface area contributed by atoms with Gasteiger partial charge in [0.05, 0.1) is 0 Å². The zero-order valence-electron chi connectivity index (χ0n) is 11.8. The van der Waals surface area contributed by atoms with Crippen molar-refractivity contribution >= 4 is 11.3 Å². The maximum atomic E-state index is 3.83. The second-order valence-corrected chi connectivity index (χ2v) is 5.87. The van der Waals surface area contributed by atoms with E-state index in [9.17, 15) is 0 Å². The Balaban J connectivity index is 2.11. The van der Waals surface area contributed by atoms with E-state index in [0.717, 1.165) is 6.42 Å². The molecule has 1 heterocycles. The lowest BCUT2D eigenvalue weighted by atomic mass is 10.0. The van der Waals surface area contributed by atoms with Gasteiger partial charge in [0.25, 0.3) is 0 Å². The van der Waals surface area contributed by atoms with Gasteiger partial charge in [-0.05, 0) is 29.9 Å². The Bertz CT molecular complexity index is 449. The highest BCUT2D eigenvalue weighted by atomic mass is 32.1. The van der Waals surface area contributed by atoms with E-state index >= 15 is 0 Å². The summed E-state index contributed by atoms with van der Waals surface area (Å²) in [4.78, 5) is 1.45. The third-order valence-electron chi connectivity index (χ3n) is 3.48. The minimum Gasteiger partial charge on any atom is -0.302 e. The van der Waals surface area contributed by atoms with Crippen molar-refractivity contribution in [3.05, 3.63) is 58.3 Å². The SMILES string of the molecule is CCCC(NC(CC)c1ccccc1)c1cccs1. The summed E-state index contributed by atoms with van der Waals surface area (Å²) < 4.78 is 0. The maximum absolute atomic E-state index is 3.83. The van der Waals surface area contributed by atoms with Crippen molar-refractivity contribution in [1.29, 1.82) is 0 Å². The second kappa shape index (κ2) is 7.46. The number of nitrogens with one attached hydrogen (secondary N) is 1. The molecule has 2 atom stereocenters. The Labute approximate surface area is 120 Å². The van der Waals surface area contributed by atoms with E-state index < -0.39 is 0 Å². The highest BCUT2D eigenvalue weighted by Crippen LogP contribution is 2.28. The fourth-order valence-corrected chi connectivity index (χ4v) is 3.29. The predicted octanol–water partition coefficient (Wildman–Crippen LogP) is 5.33. The van der Waals surface area contributed by atoms with Crippen molar-refractivity contribution < 1.29 is 0 Å². The topological polar surface area (TPSA) is 12.0 Å². The first kappa shape index (κ1) is 14.3. The molecule has 1 aromatic heterocycles. The zero-order chi connectivity index (χ0) is 13.5. The lowest BCUT2D eigenvalue weighted by molar-refractivity contribution is 0.417. The first-order valence-corrected chi connectivity index (χ1v) is 8.07. The molecular formula is C17H23NS. The molecule has 0 aliphatic carbocycles. The summed E-state index contributed by atoms with van der Waals surface area (Å²) in [6.07, 6.45) is 3.53. The van der Waals surface area contributed by atoms with E-state index in [-0.39, 0.29) is 0 Å². The van der Waals surface area contributed by atoms with E-state index in [1.54, 1.807) is 0 Å². The van der Waals surface area contributed by atoms with Crippen LogP contribution in [0.1, 0.15) is 55.6 Å². The van der Waals surface area contributed by atoms with Gasteiger partial charge in [-0.2, -0.15) is 0 Å². The Morgan fingerprint density at radius 2 is 1.79 bits per heavy atom. The monoisotopic (exact) mass is 273 g/mol. The number of hydrogen-bond donors (Lipinski definition) is 1. The fraction of sp³-hybridized carbons (Fsp3) is 0.412. The molecule has 0 spiro atoms. The largest absolute Gasteiger partial charge is 0.302 e. The standard InChI is InChI=1S/C17H23NS/c1-3-9-16(17-12-8-13-19-17)18-15(4-2)14-10-6-5-7-11-14/h5-8,10-13,15-16,18H,3-4,9H2,1-2H3. The molecule has 1 N–H and O–H groups in total. The first-order valence-electron chi connectivity index (χ1n) is 7.19. The molecule has 0 radical (unpaired) electrons. The van der Waals surface area contributed by atoms with E-state index in [0.29, 0.717) is 12.1 Å². The molecule has 102 valence electrons. The van der Waals surface area contributed by atoms with Crippen LogP contribution in [-0.4, -0.2) is 0 Å². The van der Waals surface area contributed by atoms with Gasteiger partial charge in [-0.3, -0.25) is 0 Å². The lowest BCUT2D eigenvalue weighted by Gasteiger charge is -2.24. The average molecular weight is 273 g/mol. The van der Waals surface area contributed by atoms with Gasteiger partial charge in [-0.25, -0.2) is 0 Å². The van der Waals surface area contributed by atoms with Gasteiger partial charge in [0.1, 0.15) is 0 Å². The van der Waals surface area contributed by atoms with Crippen molar-refractivity contribution in [2.75, 3.05) is 0 Å². The summed E-state index contributed by atoms with van der Waals surface area (Å²) in [6.45, 7) is 4.51. The minimum atomic E-state index is 0.444. The molecule has 0 bridgehead atoms.